The van der Waals surface area contributed by atoms with Crippen molar-refractivity contribution in [2.45, 2.75) is 64.8 Å². The van der Waals surface area contributed by atoms with Crippen LogP contribution in [-0.2, 0) is 14.3 Å². The molecule has 0 aliphatic rings. The number of ether oxygens (including phenoxy) is 2. The number of hydrogen-bond donors (Lipinski definition) is 0. The monoisotopic (exact) mass is 284 g/mol. The molecular formula is C15H28O3Si. The van der Waals surface area contributed by atoms with Crippen molar-refractivity contribution in [2.75, 3.05) is 13.7 Å². The summed E-state index contributed by atoms with van der Waals surface area (Å²) in [5.41, 5.74) is 3.32. The van der Waals surface area contributed by atoms with Gasteiger partial charge in [0.05, 0.1) is 7.11 Å². The number of carbonyl (C=O) groups is 1. The second-order valence-corrected chi connectivity index (χ2v) is 10.5. The van der Waals surface area contributed by atoms with E-state index in [1.165, 1.54) is 26.4 Å². The van der Waals surface area contributed by atoms with Crippen LogP contribution in [0.3, 0.4) is 0 Å². The maximum absolute atomic E-state index is 11.1. The van der Waals surface area contributed by atoms with Crippen LogP contribution in [0.5, 0.6) is 0 Å². The number of unbranched alkanes of at least 4 members (excludes halogenated alkanes) is 3. The van der Waals surface area contributed by atoms with Crippen LogP contribution in [0.15, 0.2) is 0 Å². The quantitative estimate of drug-likeness (QED) is 0.297. The van der Waals surface area contributed by atoms with Gasteiger partial charge in [0.2, 0.25) is 0 Å². The van der Waals surface area contributed by atoms with E-state index in [-0.39, 0.29) is 18.7 Å². The molecular weight excluding hydrogens is 256 g/mol. The summed E-state index contributed by atoms with van der Waals surface area (Å²) < 4.78 is 10.1. The number of methoxy groups -OCH3 is 1. The van der Waals surface area contributed by atoms with Crippen LogP contribution in [0.4, 0.5) is 0 Å². The van der Waals surface area contributed by atoms with E-state index in [4.69, 9.17) is 4.74 Å². The molecule has 0 aromatic carbocycles. The molecule has 0 saturated carbocycles. The SMILES string of the molecule is CCCCCC[C@H](C#C[Si](C)(C)C)OCC(=O)OC. The number of hydrogen-bond acceptors (Lipinski definition) is 3. The molecule has 110 valence electrons. The highest BCUT2D eigenvalue weighted by atomic mass is 28.3. The normalized spacial score (nSPS) is 12.5. The fourth-order valence-electron chi connectivity index (χ4n) is 1.48. The van der Waals surface area contributed by atoms with E-state index in [9.17, 15) is 4.79 Å². The molecule has 0 aliphatic carbocycles. The lowest BCUT2D eigenvalue weighted by atomic mass is 10.1. The van der Waals surface area contributed by atoms with Crippen molar-refractivity contribution < 1.29 is 14.3 Å². The largest absolute Gasteiger partial charge is 0.467 e. The van der Waals surface area contributed by atoms with E-state index < -0.39 is 8.07 Å². The highest BCUT2D eigenvalue weighted by Gasteiger charge is 2.12. The molecule has 0 aliphatic heterocycles. The number of rotatable bonds is 8. The van der Waals surface area contributed by atoms with Gasteiger partial charge in [0.25, 0.3) is 0 Å². The highest BCUT2D eigenvalue weighted by molar-refractivity contribution is 6.83. The zero-order valence-corrected chi connectivity index (χ0v) is 14.0. The third kappa shape index (κ3) is 12.0. The third-order valence-corrected chi connectivity index (χ3v) is 3.45. The number of carbonyl (C=O) groups excluding carboxylic acids is 1. The van der Waals surface area contributed by atoms with Crippen molar-refractivity contribution in [3.05, 3.63) is 0 Å². The van der Waals surface area contributed by atoms with Gasteiger partial charge >= 0.3 is 5.97 Å². The Hall–Kier alpha value is -0.793. The first-order valence-electron chi connectivity index (χ1n) is 7.10. The first-order chi connectivity index (χ1) is 8.89. The van der Waals surface area contributed by atoms with Gasteiger partial charge in [-0.25, -0.2) is 4.79 Å². The lowest BCUT2D eigenvalue weighted by Crippen LogP contribution is -2.21. The van der Waals surface area contributed by atoms with Crippen molar-refractivity contribution >= 4 is 14.0 Å². The summed E-state index contributed by atoms with van der Waals surface area (Å²) in [6.45, 7) is 8.79. The molecule has 0 heterocycles. The average Bonchev–Trinajstić information content (AvgIpc) is 2.35. The van der Waals surface area contributed by atoms with Crippen LogP contribution in [0.1, 0.15) is 39.0 Å². The Morgan fingerprint density at radius 1 is 1.21 bits per heavy atom. The molecule has 0 radical (unpaired) electrons. The molecule has 0 amide bonds. The Labute approximate surface area is 119 Å². The summed E-state index contributed by atoms with van der Waals surface area (Å²) in [6.07, 6.45) is 5.51. The van der Waals surface area contributed by atoms with Crippen molar-refractivity contribution in [2.24, 2.45) is 0 Å². The molecule has 1 atom stereocenters. The Kier molecular flexibility index (Phi) is 9.63. The molecule has 0 spiro atoms. The third-order valence-electron chi connectivity index (χ3n) is 2.56. The molecule has 0 bridgehead atoms. The van der Waals surface area contributed by atoms with Crippen LogP contribution in [0.2, 0.25) is 19.6 Å². The first kappa shape index (κ1) is 18.2. The Morgan fingerprint density at radius 3 is 2.42 bits per heavy atom. The molecule has 0 unspecified atom stereocenters. The van der Waals surface area contributed by atoms with Gasteiger partial charge < -0.3 is 9.47 Å². The van der Waals surface area contributed by atoms with Crippen molar-refractivity contribution in [3.8, 4) is 11.5 Å². The average molecular weight is 284 g/mol. The first-order valence-corrected chi connectivity index (χ1v) is 10.6. The molecule has 0 fully saturated rings. The highest BCUT2D eigenvalue weighted by Crippen LogP contribution is 2.09. The van der Waals surface area contributed by atoms with Crippen LogP contribution in [0, 0.1) is 11.5 Å². The van der Waals surface area contributed by atoms with Crippen molar-refractivity contribution in [3.63, 3.8) is 0 Å². The zero-order valence-electron chi connectivity index (χ0n) is 13.0. The fraction of sp³-hybridized carbons (Fsp3) is 0.800. The van der Waals surface area contributed by atoms with Gasteiger partial charge in [-0.2, -0.15) is 0 Å². The predicted octanol–water partition coefficient (Wildman–Crippen LogP) is 3.40. The van der Waals surface area contributed by atoms with Gasteiger partial charge in [-0.15, -0.1) is 5.54 Å². The van der Waals surface area contributed by atoms with Gasteiger partial charge in [-0.05, 0) is 12.8 Å². The van der Waals surface area contributed by atoms with Crippen LogP contribution in [-0.4, -0.2) is 33.9 Å². The molecule has 4 heteroatoms. The maximum atomic E-state index is 11.1. The van der Waals surface area contributed by atoms with E-state index in [1.54, 1.807) is 0 Å². The van der Waals surface area contributed by atoms with Gasteiger partial charge in [0.15, 0.2) is 0 Å². The lowest BCUT2D eigenvalue weighted by Gasteiger charge is -2.12. The van der Waals surface area contributed by atoms with Crippen LogP contribution < -0.4 is 0 Å². The van der Waals surface area contributed by atoms with Crippen LogP contribution >= 0.6 is 0 Å². The molecule has 0 aromatic rings. The Balaban J connectivity index is 4.28. The van der Waals surface area contributed by atoms with E-state index in [0.29, 0.717) is 0 Å². The Bertz CT molecular complexity index is 310. The standard InChI is InChI=1S/C15H28O3Si/c1-6-7-8-9-10-14(11-12-19(3,4)5)18-13-15(16)17-2/h14H,6-10,13H2,1-5H3/t14-/m1/s1. The predicted molar refractivity (Wildman–Crippen MR) is 81.6 cm³/mol. The van der Waals surface area contributed by atoms with E-state index >= 15 is 0 Å². The lowest BCUT2D eigenvalue weighted by molar-refractivity contribution is -0.147. The minimum absolute atomic E-state index is 0.00464. The molecule has 0 aromatic heterocycles. The summed E-state index contributed by atoms with van der Waals surface area (Å²) in [4.78, 5) is 11.1. The van der Waals surface area contributed by atoms with Crippen LogP contribution in [0.25, 0.3) is 0 Å². The summed E-state index contributed by atoms with van der Waals surface area (Å²) in [5, 5.41) is 0. The Morgan fingerprint density at radius 2 is 1.89 bits per heavy atom. The van der Waals surface area contributed by atoms with Gasteiger partial charge in [0.1, 0.15) is 20.8 Å². The minimum atomic E-state index is -1.40. The van der Waals surface area contributed by atoms with E-state index in [2.05, 4.69) is 42.8 Å². The van der Waals surface area contributed by atoms with Crippen molar-refractivity contribution in [1.29, 1.82) is 0 Å². The summed E-state index contributed by atoms with van der Waals surface area (Å²) >= 11 is 0. The molecule has 0 saturated heterocycles. The summed E-state index contributed by atoms with van der Waals surface area (Å²) in [6, 6.07) is 0. The second kappa shape index (κ2) is 10.0. The topological polar surface area (TPSA) is 35.5 Å². The van der Waals surface area contributed by atoms with Gasteiger partial charge in [-0.3, -0.25) is 0 Å². The molecule has 3 nitrogen and oxygen atoms in total. The second-order valence-electron chi connectivity index (χ2n) is 5.74. The smallest absolute Gasteiger partial charge is 0.331 e. The van der Waals surface area contributed by atoms with E-state index in [0.717, 1.165) is 12.8 Å². The maximum Gasteiger partial charge on any atom is 0.331 e. The van der Waals surface area contributed by atoms with E-state index in [1.807, 2.05) is 0 Å². The number of esters is 1. The zero-order chi connectivity index (χ0) is 14.7. The van der Waals surface area contributed by atoms with Gasteiger partial charge in [0, 0.05) is 0 Å². The van der Waals surface area contributed by atoms with Crippen molar-refractivity contribution in [1.82, 2.24) is 0 Å². The summed E-state index contributed by atoms with van der Waals surface area (Å²) in [7, 11) is -0.0255. The summed E-state index contributed by atoms with van der Waals surface area (Å²) in [5.74, 6) is 2.86. The fourth-order valence-corrected chi connectivity index (χ4v) is 2.07. The molecule has 0 N–H and O–H groups in total. The van der Waals surface area contributed by atoms with Gasteiger partial charge in [-0.1, -0.05) is 51.7 Å². The minimum Gasteiger partial charge on any atom is -0.467 e. The molecule has 0 rings (SSSR count). The molecule has 19 heavy (non-hydrogen) atoms.